The Labute approximate surface area is 106 Å². The largest absolute Gasteiger partial charge is 0.376 e. The third-order valence-electron chi connectivity index (χ3n) is 1.57. The Hall–Kier alpha value is -0.900. The normalized spacial score (nSPS) is 10.6. The molecule has 0 aliphatic heterocycles. The zero-order valence-electron chi connectivity index (χ0n) is 7.29. The highest BCUT2D eigenvalue weighted by Gasteiger charge is 2.28. The molecule has 0 amide bonds. The molecule has 1 rings (SSSR count). The Kier molecular flexibility index (Phi) is 4.08. The first-order valence-electron chi connectivity index (χ1n) is 3.67. The van der Waals surface area contributed by atoms with Crippen molar-refractivity contribution in [3.63, 3.8) is 0 Å². The van der Waals surface area contributed by atoms with Crippen LogP contribution >= 0.6 is 34.2 Å². The number of pyridine rings is 1. The fourth-order valence-corrected chi connectivity index (χ4v) is 1.74. The highest BCUT2D eigenvalue weighted by atomic mass is 127. The molecule has 0 atom stereocenters. The summed E-state index contributed by atoms with van der Waals surface area (Å²) in [7, 11) is 0. The van der Waals surface area contributed by atoms with Crippen molar-refractivity contribution in [1.82, 2.24) is 4.98 Å². The Morgan fingerprint density at radius 3 is 2.56 bits per heavy atom. The van der Waals surface area contributed by atoms with E-state index in [1.165, 1.54) is 22.6 Å². The van der Waals surface area contributed by atoms with Crippen LogP contribution in [0.15, 0.2) is 6.07 Å². The molecule has 0 saturated carbocycles. The summed E-state index contributed by atoms with van der Waals surface area (Å²) in [5.74, 6) is -0.962. The summed E-state index contributed by atoms with van der Waals surface area (Å²) in [6.07, 6.45) is -2.95. The standard InChI is InChI=1S/C7H2ClF2IN2O3/c8-5(14)2-1-3(11)4(6(9)10)12-7(2)13(15)16/h1,6H. The van der Waals surface area contributed by atoms with Gasteiger partial charge in [0.05, 0.1) is 3.57 Å². The third kappa shape index (κ3) is 2.61. The minimum absolute atomic E-state index is 0.0535. The Balaban J connectivity index is 3.49. The van der Waals surface area contributed by atoms with Crippen molar-refractivity contribution in [3.05, 3.63) is 31.0 Å². The lowest BCUT2D eigenvalue weighted by atomic mass is 10.2. The predicted molar refractivity (Wildman–Crippen MR) is 58.7 cm³/mol. The van der Waals surface area contributed by atoms with Gasteiger partial charge in [-0.05, 0) is 50.2 Å². The van der Waals surface area contributed by atoms with Gasteiger partial charge >= 0.3 is 12.2 Å². The maximum atomic E-state index is 12.4. The van der Waals surface area contributed by atoms with Gasteiger partial charge in [-0.3, -0.25) is 4.79 Å². The number of rotatable bonds is 3. The first kappa shape index (κ1) is 13.2. The summed E-state index contributed by atoms with van der Waals surface area (Å²) < 4.78 is 24.7. The van der Waals surface area contributed by atoms with Crippen LogP contribution < -0.4 is 0 Å². The van der Waals surface area contributed by atoms with Gasteiger partial charge in [0.2, 0.25) is 5.69 Å². The Morgan fingerprint density at radius 2 is 2.19 bits per heavy atom. The van der Waals surface area contributed by atoms with Crippen LogP contribution in [0.25, 0.3) is 0 Å². The van der Waals surface area contributed by atoms with Crippen molar-refractivity contribution in [2.24, 2.45) is 0 Å². The molecular weight excluding hydrogens is 360 g/mol. The maximum absolute atomic E-state index is 12.4. The van der Waals surface area contributed by atoms with Crippen LogP contribution in [0.3, 0.4) is 0 Å². The number of nitrogens with zero attached hydrogens (tertiary/aromatic N) is 2. The highest BCUT2D eigenvalue weighted by molar-refractivity contribution is 14.1. The SMILES string of the molecule is O=C(Cl)c1cc(I)c(C(F)F)nc1[N+](=O)[O-]. The van der Waals surface area contributed by atoms with E-state index < -0.39 is 33.7 Å². The molecule has 0 radical (unpaired) electrons. The maximum Gasteiger partial charge on any atom is 0.376 e. The molecule has 16 heavy (non-hydrogen) atoms. The molecule has 5 nitrogen and oxygen atoms in total. The Morgan fingerprint density at radius 1 is 1.62 bits per heavy atom. The van der Waals surface area contributed by atoms with E-state index in [2.05, 4.69) is 4.98 Å². The number of hydrogen-bond donors (Lipinski definition) is 0. The topological polar surface area (TPSA) is 73.1 Å². The fraction of sp³-hybridized carbons (Fsp3) is 0.143. The molecule has 0 aromatic carbocycles. The smallest absolute Gasteiger partial charge is 0.358 e. The van der Waals surface area contributed by atoms with Gasteiger partial charge in [-0.25, -0.2) is 8.78 Å². The van der Waals surface area contributed by atoms with Gasteiger partial charge in [0.15, 0.2) is 0 Å². The summed E-state index contributed by atoms with van der Waals surface area (Å²) in [6, 6.07) is 0.919. The third-order valence-corrected chi connectivity index (χ3v) is 2.64. The molecular formula is C7H2ClF2IN2O3. The van der Waals surface area contributed by atoms with Gasteiger partial charge in [-0.1, -0.05) is 0 Å². The molecule has 0 aliphatic carbocycles. The minimum Gasteiger partial charge on any atom is -0.358 e. The molecule has 9 heteroatoms. The number of aromatic nitrogens is 1. The predicted octanol–water partition coefficient (Wildman–Crippen LogP) is 2.91. The van der Waals surface area contributed by atoms with Crippen LogP contribution in [-0.2, 0) is 0 Å². The quantitative estimate of drug-likeness (QED) is 0.359. The van der Waals surface area contributed by atoms with E-state index in [1.54, 1.807) is 0 Å². The van der Waals surface area contributed by atoms with Gasteiger partial charge in [-0.15, -0.1) is 0 Å². The van der Waals surface area contributed by atoms with Crippen LogP contribution in [0.4, 0.5) is 14.6 Å². The van der Waals surface area contributed by atoms with Gasteiger partial charge < -0.3 is 10.1 Å². The van der Waals surface area contributed by atoms with E-state index in [4.69, 9.17) is 11.6 Å². The van der Waals surface area contributed by atoms with E-state index in [9.17, 15) is 23.7 Å². The van der Waals surface area contributed by atoms with Gasteiger partial charge in [0.1, 0.15) is 5.56 Å². The van der Waals surface area contributed by atoms with Crippen molar-refractivity contribution in [1.29, 1.82) is 0 Å². The number of nitro groups is 1. The second-order valence-electron chi connectivity index (χ2n) is 2.56. The molecule has 0 aliphatic rings. The lowest BCUT2D eigenvalue weighted by Gasteiger charge is -2.02. The van der Waals surface area contributed by atoms with E-state index in [-0.39, 0.29) is 3.57 Å². The van der Waals surface area contributed by atoms with Crippen LogP contribution in [0.5, 0.6) is 0 Å². The summed E-state index contributed by atoms with van der Waals surface area (Å²) in [5.41, 5.74) is -1.24. The van der Waals surface area contributed by atoms with Crippen LogP contribution in [-0.4, -0.2) is 15.1 Å². The number of carbonyl (C=O) groups excluding carboxylic acids is 1. The zero-order valence-corrected chi connectivity index (χ0v) is 10.2. The second kappa shape index (κ2) is 4.95. The van der Waals surface area contributed by atoms with E-state index in [1.807, 2.05) is 0 Å². The van der Waals surface area contributed by atoms with Crippen molar-refractivity contribution in [2.45, 2.75) is 6.43 Å². The summed E-state index contributed by atoms with van der Waals surface area (Å²) >= 11 is 6.58. The van der Waals surface area contributed by atoms with Crippen LogP contribution in [0, 0.1) is 13.7 Å². The number of halogens is 4. The van der Waals surface area contributed by atoms with Crippen LogP contribution in [0.1, 0.15) is 22.5 Å². The zero-order chi connectivity index (χ0) is 12.5. The molecule has 86 valence electrons. The summed E-state index contributed by atoms with van der Waals surface area (Å²) in [4.78, 5) is 23.4. The molecule has 0 spiro atoms. The first-order valence-corrected chi connectivity index (χ1v) is 5.13. The van der Waals surface area contributed by atoms with E-state index >= 15 is 0 Å². The number of alkyl halides is 2. The van der Waals surface area contributed by atoms with Crippen molar-refractivity contribution >= 4 is 45.3 Å². The van der Waals surface area contributed by atoms with E-state index in [0.29, 0.717) is 0 Å². The molecule has 0 fully saturated rings. The van der Waals surface area contributed by atoms with Crippen LogP contribution in [0.2, 0.25) is 0 Å². The average Bonchev–Trinajstić information content (AvgIpc) is 2.15. The monoisotopic (exact) mass is 362 g/mol. The van der Waals surface area contributed by atoms with Gasteiger partial charge in [0, 0.05) is 0 Å². The van der Waals surface area contributed by atoms with Crippen molar-refractivity contribution in [2.75, 3.05) is 0 Å². The molecule has 1 aromatic heterocycles. The second-order valence-corrected chi connectivity index (χ2v) is 4.06. The fourth-order valence-electron chi connectivity index (χ4n) is 0.930. The van der Waals surface area contributed by atoms with Crippen molar-refractivity contribution < 1.29 is 18.5 Å². The van der Waals surface area contributed by atoms with Gasteiger partial charge in [-0.2, -0.15) is 0 Å². The molecule has 1 heterocycles. The lowest BCUT2D eigenvalue weighted by molar-refractivity contribution is -0.390. The summed E-state index contributed by atoms with van der Waals surface area (Å²) in [6.45, 7) is 0. The van der Waals surface area contributed by atoms with Gasteiger partial charge in [0.25, 0.3) is 5.24 Å². The average molecular weight is 362 g/mol. The molecule has 0 bridgehead atoms. The molecule has 0 saturated heterocycles. The highest BCUT2D eigenvalue weighted by Crippen LogP contribution is 2.28. The van der Waals surface area contributed by atoms with E-state index in [0.717, 1.165) is 6.07 Å². The number of hydrogen-bond acceptors (Lipinski definition) is 4. The lowest BCUT2D eigenvalue weighted by Crippen LogP contribution is -2.06. The molecule has 0 unspecified atom stereocenters. The molecule has 0 N–H and O–H groups in total. The van der Waals surface area contributed by atoms with Crippen molar-refractivity contribution in [3.8, 4) is 0 Å². The Bertz CT molecular complexity index is 469. The molecule has 1 aromatic rings. The minimum atomic E-state index is -2.95. The first-order chi connectivity index (χ1) is 7.34. The number of carbonyl (C=O) groups is 1. The summed E-state index contributed by atoms with van der Waals surface area (Å²) in [5, 5.41) is 9.38.